The van der Waals surface area contributed by atoms with Gasteiger partial charge in [0.05, 0.1) is 0 Å². The molecule has 27 heavy (non-hydrogen) atoms. The zero-order chi connectivity index (χ0) is 19.3. The van der Waals surface area contributed by atoms with E-state index in [1.807, 2.05) is 56.1 Å². The van der Waals surface area contributed by atoms with Crippen LogP contribution in [0.5, 0.6) is 0 Å². The van der Waals surface area contributed by atoms with Gasteiger partial charge in [-0.1, -0.05) is 37.3 Å². The van der Waals surface area contributed by atoms with Crippen molar-refractivity contribution in [2.75, 3.05) is 18.5 Å². The van der Waals surface area contributed by atoms with Crippen LogP contribution in [0.1, 0.15) is 25.8 Å². The minimum absolute atomic E-state index is 0.253. The number of hydrogen-bond acceptors (Lipinski definition) is 4. The molecule has 6 heteroatoms. The number of rotatable bonds is 2. The first-order valence-corrected chi connectivity index (χ1v) is 9.30. The fourth-order valence-electron chi connectivity index (χ4n) is 4.29. The van der Waals surface area contributed by atoms with Gasteiger partial charge in [-0.25, -0.2) is 4.79 Å². The summed E-state index contributed by atoms with van der Waals surface area (Å²) in [5.74, 6) is -0.890. The first-order valence-electron chi connectivity index (χ1n) is 9.30. The van der Waals surface area contributed by atoms with Gasteiger partial charge in [-0.3, -0.25) is 19.8 Å². The van der Waals surface area contributed by atoms with Crippen LogP contribution >= 0.6 is 0 Å². The third-order valence-electron chi connectivity index (χ3n) is 5.95. The second-order valence-electron chi connectivity index (χ2n) is 7.59. The van der Waals surface area contributed by atoms with Crippen molar-refractivity contribution in [2.45, 2.75) is 32.7 Å². The number of carbonyl (C=O) groups excluding carboxylic acids is 3. The van der Waals surface area contributed by atoms with E-state index in [0.29, 0.717) is 12.8 Å². The van der Waals surface area contributed by atoms with Gasteiger partial charge in [0, 0.05) is 31.7 Å². The summed E-state index contributed by atoms with van der Waals surface area (Å²) in [5, 5.41) is 4.54. The van der Waals surface area contributed by atoms with E-state index in [1.165, 1.54) is 4.90 Å². The molecule has 0 aromatic heterocycles. The first-order chi connectivity index (χ1) is 12.9. The van der Waals surface area contributed by atoms with Crippen LogP contribution in [0, 0.1) is 5.41 Å². The average Bonchev–Trinajstić information content (AvgIpc) is 2.66. The van der Waals surface area contributed by atoms with Crippen LogP contribution < -0.4 is 10.2 Å². The van der Waals surface area contributed by atoms with Crippen molar-refractivity contribution < 1.29 is 14.4 Å². The van der Waals surface area contributed by atoms with Crippen LogP contribution in [0.3, 0.4) is 0 Å². The van der Waals surface area contributed by atoms with Crippen LogP contribution in [0.25, 0.3) is 10.8 Å². The molecule has 0 aliphatic carbocycles. The number of hydrogen-bond donors (Lipinski definition) is 1. The Hall–Kier alpha value is -2.89. The summed E-state index contributed by atoms with van der Waals surface area (Å²) < 4.78 is 0. The smallest absolute Gasteiger partial charge is 0.331 e. The highest BCUT2D eigenvalue weighted by Crippen LogP contribution is 2.42. The molecule has 4 amide bonds. The highest BCUT2D eigenvalue weighted by atomic mass is 16.2. The normalized spacial score (nSPS) is 23.6. The number of anilines is 1. The molecule has 2 atom stereocenters. The third kappa shape index (κ3) is 2.43. The minimum Gasteiger partial charge on any atom is -0.373 e. The molecule has 6 nitrogen and oxygen atoms in total. The lowest BCUT2D eigenvalue weighted by atomic mass is 9.73. The molecule has 1 saturated heterocycles. The van der Waals surface area contributed by atoms with Gasteiger partial charge in [-0.15, -0.1) is 0 Å². The Balaban J connectivity index is 1.87. The minimum atomic E-state index is -1.29. The van der Waals surface area contributed by atoms with Crippen molar-refractivity contribution >= 4 is 34.3 Å². The number of carbonyl (C=O) groups is 3. The Bertz CT molecular complexity index is 970. The molecule has 1 spiro atoms. The van der Waals surface area contributed by atoms with Gasteiger partial charge in [0.25, 0.3) is 0 Å². The van der Waals surface area contributed by atoms with Crippen LogP contribution in [0.15, 0.2) is 36.4 Å². The van der Waals surface area contributed by atoms with Crippen molar-refractivity contribution in [3.63, 3.8) is 0 Å². The highest BCUT2D eigenvalue weighted by molar-refractivity contribution is 6.20. The monoisotopic (exact) mass is 365 g/mol. The zero-order valence-corrected chi connectivity index (χ0v) is 15.8. The van der Waals surface area contributed by atoms with Crippen LogP contribution in [0.2, 0.25) is 0 Å². The number of urea groups is 1. The quantitative estimate of drug-likeness (QED) is 0.831. The lowest BCUT2D eigenvalue weighted by molar-refractivity contribution is -0.152. The molecule has 2 aromatic carbocycles. The van der Waals surface area contributed by atoms with Gasteiger partial charge in [0.1, 0.15) is 5.41 Å². The Kier molecular flexibility index (Phi) is 3.94. The summed E-state index contributed by atoms with van der Waals surface area (Å²) >= 11 is 0. The average molecular weight is 365 g/mol. The fraction of sp³-hybridized carbons (Fsp3) is 0.381. The van der Waals surface area contributed by atoms with E-state index in [0.717, 1.165) is 22.0 Å². The highest BCUT2D eigenvalue weighted by Gasteiger charge is 2.57. The van der Waals surface area contributed by atoms with Crippen molar-refractivity contribution in [3.8, 4) is 0 Å². The summed E-state index contributed by atoms with van der Waals surface area (Å²) in [5.41, 5.74) is 0.708. The van der Waals surface area contributed by atoms with Gasteiger partial charge in [-0.2, -0.15) is 0 Å². The van der Waals surface area contributed by atoms with E-state index in [4.69, 9.17) is 0 Å². The maximum atomic E-state index is 13.4. The Morgan fingerprint density at radius 3 is 2.63 bits per heavy atom. The molecule has 0 unspecified atom stereocenters. The summed E-state index contributed by atoms with van der Waals surface area (Å²) in [4.78, 5) is 41.9. The zero-order valence-electron chi connectivity index (χ0n) is 15.8. The molecule has 1 fully saturated rings. The number of imide groups is 2. The number of benzene rings is 2. The lowest BCUT2D eigenvalue weighted by Crippen LogP contribution is -2.69. The number of nitrogens with zero attached hydrogens (tertiary/aromatic N) is 2. The summed E-state index contributed by atoms with van der Waals surface area (Å²) in [6.45, 7) is 4.00. The molecule has 2 heterocycles. The SMILES string of the molecule is CC[C@H](C)N1C(=O)NC(=O)[C@@]2(Cc3c(ccc4ccccc34)N(C)C2)C1=O. The number of amides is 4. The van der Waals surface area contributed by atoms with Crippen molar-refractivity contribution in [1.29, 1.82) is 0 Å². The standard InChI is InChI=1S/C21H23N3O3/c1-4-13(2)24-19(26)21(18(25)22-20(24)27)11-16-15-8-6-5-7-14(15)9-10-17(16)23(3)12-21/h5-10,13H,4,11-12H2,1-3H3,(H,22,25,27)/t13-,21-/m0/s1. The van der Waals surface area contributed by atoms with E-state index < -0.39 is 23.3 Å². The molecule has 0 radical (unpaired) electrons. The Morgan fingerprint density at radius 2 is 1.89 bits per heavy atom. The molecule has 2 aliphatic heterocycles. The van der Waals surface area contributed by atoms with Crippen molar-refractivity contribution in [3.05, 3.63) is 42.0 Å². The molecular weight excluding hydrogens is 342 g/mol. The van der Waals surface area contributed by atoms with E-state index in [1.54, 1.807) is 0 Å². The second-order valence-corrected chi connectivity index (χ2v) is 7.59. The molecule has 0 bridgehead atoms. The van der Waals surface area contributed by atoms with Gasteiger partial charge in [0.2, 0.25) is 11.8 Å². The predicted molar refractivity (Wildman–Crippen MR) is 103 cm³/mol. The Morgan fingerprint density at radius 1 is 1.15 bits per heavy atom. The van der Waals surface area contributed by atoms with Gasteiger partial charge in [0.15, 0.2) is 0 Å². The Labute approximate surface area is 158 Å². The van der Waals surface area contributed by atoms with E-state index in [9.17, 15) is 14.4 Å². The first kappa shape index (κ1) is 17.5. The van der Waals surface area contributed by atoms with E-state index in [-0.39, 0.29) is 12.6 Å². The lowest BCUT2D eigenvalue weighted by Gasteiger charge is -2.46. The molecule has 4 rings (SSSR count). The van der Waals surface area contributed by atoms with Crippen molar-refractivity contribution in [1.82, 2.24) is 10.2 Å². The van der Waals surface area contributed by atoms with E-state index in [2.05, 4.69) is 11.4 Å². The molecular formula is C21H23N3O3. The maximum Gasteiger partial charge on any atom is 0.331 e. The van der Waals surface area contributed by atoms with Crippen LogP contribution in [-0.2, 0) is 16.0 Å². The van der Waals surface area contributed by atoms with Gasteiger partial charge in [-0.05, 0) is 35.7 Å². The molecule has 1 N–H and O–H groups in total. The number of fused-ring (bicyclic) bond motifs is 3. The van der Waals surface area contributed by atoms with E-state index >= 15 is 0 Å². The molecule has 140 valence electrons. The van der Waals surface area contributed by atoms with Crippen molar-refractivity contribution in [2.24, 2.45) is 5.41 Å². The summed E-state index contributed by atoms with van der Waals surface area (Å²) in [6, 6.07) is 11.2. The molecule has 2 aromatic rings. The summed E-state index contributed by atoms with van der Waals surface area (Å²) in [7, 11) is 1.89. The predicted octanol–water partition coefficient (Wildman–Crippen LogP) is 2.70. The maximum absolute atomic E-state index is 13.4. The second kappa shape index (κ2) is 6.08. The van der Waals surface area contributed by atoms with Crippen LogP contribution in [-0.4, -0.2) is 42.4 Å². The largest absolute Gasteiger partial charge is 0.373 e. The number of barbiturate groups is 1. The molecule has 2 aliphatic rings. The van der Waals surface area contributed by atoms with Crippen LogP contribution in [0.4, 0.5) is 10.5 Å². The van der Waals surface area contributed by atoms with Gasteiger partial charge < -0.3 is 4.90 Å². The topological polar surface area (TPSA) is 69.7 Å². The number of nitrogens with one attached hydrogen (secondary N) is 1. The summed E-state index contributed by atoms with van der Waals surface area (Å²) in [6.07, 6.45) is 0.928. The van der Waals surface area contributed by atoms with Gasteiger partial charge >= 0.3 is 6.03 Å². The third-order valence-corrected chi connectivity index (χ3v) is 5.95. The fourth-order valence-corrected chi connectivity index (χ4v) is 4.29. The molecule has 0 saturated carbocycles.